The highest BCUT2D eigenvalue weighted by molar-refractivity contribution is 7.26. The first-order valence-corrected chi connectivity index (χ1v) is 7.18. The summed E-state index contributed by atoms with van der Waals surface area (Å²) in [5.41, 5.74) is 14.6. The van der Waals surface area contributed by atoms with Gasteiger partial charge in [-0.2, -0.15) is 0 Å². The lowest BCUT2D eigenvalue weighted by atomic mass is 10.1. The van der Waals surface area contributed by atoms with Crippen molar-refractivity contribution in [3.63, 3.8) is 0 Å². The Morgan fingerprint density at radius 1 is 0.905 bits per heavy atom. The number of nitrogen functional groups attached to an aromatic ring is 2. The van der Waals surface area contributed by atoms with Crippen LogP contribution in [0.15, 0.2) is 42.9 Å². The molecule has 0 aliphatic heterocycles. The fraction of sp³-hybridized carbons (Fsp3) is 0. The second-order valence-electron chi connectivity index (χ2n) is 4.72. The molecule has 4 rings (SSSR count). The largest absolute Gasteiger partial charge is 0.384 e. The van der Waals surface area contributed by atoms with Crippen LogP contribution >= 0.6 is 11.3 Å². The van der Waals surface area contributed by atoms with E-state index in [9.17, 15) is 0 Å². The van der Waals surface area contributed by atoms with Gasteiger partial charge in [-0.3, -0.25) is 0 Å². The number of pyridine rings is 1. The van der Waals surface area contributed by atoms with Gasteiger partial charge in [-0.25, -0.2) is 15.0 Å². The van der Waals surface area contributed by atoms with Crippen molar-refractivity contribution < 1.29 is 0 Å². The minimum Gasteiger partial charge on any atom is -0.384 e. The van der Waals surface area contributed by atoms with Gasteiger partial charge in [0.15, 0.2) is 0 Å². The van der Waals surface area contributed by atoms with Crippen LogP contribution < -0.4 is 11.5 Å². The van der Waals surface area contributed by atoms with Crippen LogP contribution in [0.2, 0.25) is 0 Å². The van der Waals surface area contributed by atoms with E-state index in [-0.39, 0.29) is 0 Å². The van der Waals surface area contributed by atoms with E-state index in [1.807, 2.05) is 6.07 Å². The third-order valence-corrected chi connectivity index (χ3v) is 4.56. The molecule has 0 saturated carbocycles. The SMILES string of the molecule is Nc1ccc(-c2ccc3c(c2)sc2c(N)ncnc23)cn1. The summed E-state index contributed by atoms with van der Waals surface area (Å²) in [7, 11) is 0. The highest BCUT2D eigenvalue weighted by atomic mass is 32.1. The standard InChI is InChI=1S/C15H11N5S/c16-12-4-2-9(6-18-12)8-1-3-10-11(5-8)21-14-13(10)19-7-20-15(14)17/h1-7H,(H2,16,18)(H2,17,19,20). The molecule has 0 spiro atoms. The van der Waals surface area contributed by atoms with Gasteiger partial charge >= 0.3 is 0 Å². The molecule has 0 amide bonds. The lowest BCUT2D eigenvalue weighted by Gasteiger charge is -2.01. The van der Waals surface area contributed by atoms with Crippen molar-refractivity contribution in [1.82, 2.24) is 15.0 Å². The van der Waals surface area contributed by atoms with E-state index in [0.29, 0.717) is 11.6 Å². The third-order valence-electron chi connectivity index (χ3n) is 3.40. The fourth-order valence-corrected chi connectivity index (χ4v) is 3.44. The van der Waals surface area contributed by atoms with Crippen molar-refractivity contribution in [2.45, 2.75) is 0 Å². The Balaban J connectivity index is 1.96. The van der Waals surface area contributed by atoms with Gasteiger partial charge in [0.25, 0.3) is 0 Å². The third kappa shape index (κ3) is 1.88. The number of aromatic nitrogens is 3. The number of thiophene rings is 1. The maximum absolute atomic E-state index is 5.92. The smallest absolute Gasteiger partial charge is 0.144 e. The van der Waals surface area contributed by atoms with Crippen LogP contribution in [0.25, 0.3) is 31.4 Å². The monoisotopic (exact) mass is 293 g/mol. The molecule has 4 N–H and O–H groups in total. The normalized spacial score (nSPS) is 11.2. The summed E-state index contributed by atoms with van der Waals surface area (Å²) in [4.78, 5) is 12.5. The van der Waals surface area contributed by atoms with E-state index in [4.69, 9.17) is 11.5 Å². The molecular formula is C15H11N5S. The molecule has 0 atom stereocenters. The van der Waals surface area contributed by atoms with Gasteiger partial charge in [0.1, 0.15) is 18.0 Å². The number of benzene rings is 1. The second-order valence-corrected chi connectivity index (χ2v) is 5.77. The number of hydrogen-bond acceptors (Lipinski definition) is 6. The predicted molar refractivity (Wildman–Crippen MR) is 87.0 cm³/mol. The summed E-state index contributed by atoms with van der Waals surface area (Å²) in [6.07, 6.45) is 3.28. The summed E-state index contributed by atoms with van der Waals surface area (Å²) in [6, 6.07) is 10.00. The zero-order chi connectivity index (χ0) is 14.4. The van der Waals surface area contributed by atoms with Gasteiger partial charge in [0, 0.05) is 21.8 Å². The molecule has 102 valence electrons. The Hall–Kier alpha value is -2.73. The lowest BCUT2D eigenvalue weighted by Crippen LogP contribution is -1.89. The first-order chi connectivity index (χ1) is 10.2. The number of anilines is 2. The van der Waals surface area contributed by atoms with Crippen LogP contribution in [0.4, 0.5) is 11.6 Å². The van der Waals surface area contributed by atoms with Crippen molar-refractivity contribution in [3.05, 3.63) is 42.9 Å². The van der Waals surface area contributed by atoms with E-state index < -0.39 is 0 Å². The van der Waals surface area contributed by atoms with Crippen molar-refractivity contribution in [1.29, 1.82) is 0 Å². The van der Waals surface area contributed by atoms with Crippen LogP contribution in [0.5, 0.6) is 0 Å². The molecule has 0 fully saturated rings. The van der Waals surface area contributed by atoms with Gasteiger partial charge in [-0.1, -0.05) is 12.1 Å². The molecule has 0 aliphatic rings. The summed E-state index contributed by atoms with van der Waals surface area (Å²) in [5, 5.41) is 1.09. The average molecular weight is 293 g/mol. The zero-order valence-electron chi connectivity index (χ0n) is 10.9. The Labute approximate surface area is 124 Å². The Morgan fingerprint density at radius 2 is 1.76 bits per heavy atom. The molecular weight excluding hydrogens is 282 g/mol. The molecule has 0 aliphatic carbocycles. The minimum atomic E-state index is 0.518. The van der Waals surface area contributed by atoms with Crippen LogP contribution in [0.3, 0.4) is 0 Å². The predicted octanol–water partition coefficient (Wildman–Crippen LogP) is 3.07. The molecule has 6 heteroatoms. The van der Waals surface area contributed by atoms with Crippen molar-refractivity contribution in [2.24, 2.45) is 0 Å². The number of fused-ring (bicyclic) bond motifs is 3. The van der Waals surface area contributed by atoms with E-state index in [2.05, 4.69) is 33.2 Å². The van der Waals surface area contributed by atoms with Crippen LogP contribution in [-0.2, 0) is 0 Å². The first-order valence-electron chi connectivity index (χ1n) is 6.37. The summed E-state index contributed by atoms with van der Waals surface area (Å²) < 4.78 is 2.06. The number of hydrogen-bond donors (Lipinski definition) is 2. The summed E-state index contributed by atoms with van der Waals surface area (Å²) >= 11 is 1.61. The number of rotatable bonds is 1. The van der Waals surface area contributed by atoms with E-state index >= 15 is 0 Å². The highest BCUT2D eigenvalue weighted by Crippen LogP contribution is 2.36. The summed E-state index contributed by atoms with van der Waals surface area (Å²) in [5.74, 6) is 1.04. The molecule has 0 saturated heterocycles. The van der Waals surface area contributed by atoms with E-state index in [1.54, 1.807) is 23.6 Å². The van der Waals surface area contributed by atoms with Gasteiger partial charge < -0.3 is 11.5 Å². The topological polar surface area (TPSA) is 90.7 Å². The molecule has 1 aromatic carbocycles. The van der Waals surface area contributed by atoms with Crippen LogP contribution in [0.1, 0.15) is 0 Å². The molecule has 3 aromatic heterocycles. The molecule has 4 aromatic rings. The highest BCUT2D eigenvalue weighted by Gasteiger charge is 2.10. The van der Waals surface area contributed by atoms with Crippen molar-refractivity contribution in [3.8, 4) is 11.1 Å². The van der Waals surface area contributed by atoms with Gasteiger partial charge in [0.2, 0.25) is 0 Å². The fourth-order valence-electron chi connectivity index (χ4n) is 2.35. The van der Waals surface area contributed by atoms with Gasteiger partial charge in [-0.05, 0) is 23.8 Å². The minimum absolute atomic E-state index is 0.518. The number of nitrogens with zero attached hydrogens (tertiary/aromatic N) is 3. The molecule has 3 heterocycles. The molecule has 0 unspecified atom stereocenters. The Bertz CT molecular complexity index is 959. The van der Waals surface area contributed by atoms with Crippen LogP contribution in [0, 0.1) is 0 Å². The summed E-state index contributed by atoms with van der Waals surface area (Å²) in [6.45, 7) is 0. The molecule has 21 heavy (non-hydrogen) atoms. The Morgan fingerprint density at radius 3 is 2.57 bits per heavy atom. The lowest BCUT2D eigenvalue weighted by molar-refractivity contribution is 1.24. The van der Waals surface area contributed by atoms with Gasteiger partial charge in [0.05, 0.1) is 10.2 Å². The number of nitrogens with two attached hydrogens (primary N) is 2. The Kier molecular flexibility index (Phi) is 2.52. The average Bonchev–Trinajstić information content (AvgIpc) is 2.87. The molecule has 0 radical (unpaired) electrons. The first kappa shape index (κ1) is 12.0. The van der Waals surface area contributed by atoms with Gasteiger partial charge in [-0.15, -0.1) is 11.3 Å². The quantitative estimate of drug-likeness (QED) is 0.563. The zero-order valence-corrected chi connectivity index (χ0v) is 11.8. The van der Waals surface area contributed by atoms with E-state index in [0.717, 1.165) is 31.4 Å². The van der Waals surface area contributed by atoms with Crippen molar-refractivity contribution >= 4 is 43.3 Å². The molecule has 5 nitrogen and oxygen atoms in total. The second kappa shape index (κ2) is 4.39. The maximum atomic E-state index is 5.92. The maximum Gasteiger partial charge on any atom is 0.144 e. The van der Waals surface area contributed by atoms with Crippen LogP contribution in [-0.4, -0.2) is 15.0 Å². The van der Waals surface area contributed by atoms with E-state index in [1.165, 1.54) is 6.33 Å². The van der Waals surface area contributed by atoms with Crippen molar-refractivity contribution in [2.75, 3.05) is 11.5 Å². The molecule has 0 bridgehead atoms.